The molecule has 2 N–H and O–H groups in total. The minimum absolute atomic E-state index is 0.157. The number of nitrogens with one attached hydrogen (secondary N) is 2. The van der Waals surface area contributed by atoms with Crippen LogP contribution in [0.4, 0.5) is 25.0 Å². The van der Waals surface area contributed by atoms with Crippen molar-refractivity contribution in [3.63, 3.8) is 0 Å². The molecule has 0 radical (unpaired) electrons. The normalized spacial score (nSPS) is 10.6. The number of carbonyl (C=O) groups excluding carboxylic acids is 1. The molecule has 0 atom stereocenters. The van der Waals surface area contributed by atoms with Gasteiger partial charge in [-0.2, -0.15) is 0 Å². The Morgan fingerprint density at radius 1 is 0.912 bits per heavy atom. The molecule has 2 amide bonds. The van der Waals surface area contributed by atoms with Crippen LogP contribution in [-0.4, -0.2) is 30.2 Å². The molecule has 4 rings (SSSR count). The van der Waals surface area contributed by atoms with Crippen molar-refractivity contribution < 1.29 is 27.8 Å². The molecule has 0 saturated carbocycles. The maximum Gasteiger partial charge on any atom is 0.323 e. The largest absolute Gasteiger partial charge is 0.493 e. The van der Waals surface area contributed by atoms with Crippen LogP contribution in [0.25, 0.3) is 10.9 Å². The summed E-state index contributed by atoms with van der Waals surface area (Å²) < 4.78 is 43.3. The number of nitrogens with zero attached hydrogens (tertiary/aromatic N) is 2. The molecule has 0 spiro atoms. The first-order valence-electron chi connectivity index (χ1n) is 9.75. The molecular formula is C23H17ClF2N4O4. The van der Waals surface area contributed by atoms with Gasteiger partial charge in [0.1, 0.15) is 23.7 Å². The van der Waals surface area contributed by atoms with Gasteiger partial charge >= 0.3 is 6.03 Å². The molecule has 0 bridgehead atoms. The second-order valence-electron chi connectivity index (χ2n) is 6.85. The van der Waals surface area contributed by atoms with Gasteiger partial charge in [0.25, 0.3) is 0 Å². The lowest BCUT2D eigenvalue weighted by atomic mass is 10.2. The van der Waals surface area contributed by atoms with E-state index < -0.39 is 17.7 Å². The summed E-state index contributed by atoms with van der Waals surface area (Å²) in [5.41, 5.74) is 0.641. The van der Waals surface area contributed by atoms with Crippen molar-refractivity contribution in [2.24, 2.45) is 0 Å². The van der Waals surface area contributed by atoms with Crippen LogP contribution in [0.3, 0.4) is 0 Å². The highest BCUT2D eigenvalue weighted by atomic mass is 35.5. The number of aromatic nitrogens is 2. The minimum atomic E-state index is -0.906. The lowest BCUT2D eigenvalue weighted by Crippen LogP contribution is -2.20. The van der Waals surface area contributed by atoms with E-state index in [1.54, 1.807) is 18.2 Å². The van der Waals surface area contributed by atoms with Gasteiger partial charge in [0, 0.05) is 18.2 Å². The fraction of sp³-hybridized carbons (Fsp3) is 0.0870. The highest BCUT2D eigenvalue weighted by molar-refractivity contribution is 6.34. The molecule has 11 heteroatoms. The summed E-state index contributed by atoms with van der Waals surface area (Å²) in [4.78, 5) is 20.6. The monoisotopic (exact) mass is 486 g/mol. The van der Waals surface area contributed by atoms with Gasteiger partial charge in [-0.1, -0.05) is 11.6 Å². The van der Waals surface area contributed by atoms with Gasteiger partial charge in [0.2, 0.25) is 5.88 Å². The molecule has 0 fully saturated rings. The van der Waals surface area contributed by atoms with E-state index >= 15 is 0 Å². The quantitative estimate of drug-likeness (QED) is 0.346. The van der Waals surface area contributed by atoms with Gasteiger partial charge in [0.05, 0.1) is 41.5 Å². The van der Waals surface area contributed by atoms with Crippen molar-refractivity contribution in [2.75, 3.05) is 24.9 Å². The zero-order chi connectivity index (χ0) is 24.2. The molecule has 0 unspecified atom stereocenters. The van der Waals surface area contributed by atoms with Crippen LogP contribution in [-0.2, 0) is 0 Å². The van der Waals surface area contributed by atoms with Crippen LogP contribution in [0.5, 0.6) is 23.1 Å². The summed E-state index contributed by atoms with van der Waals surface area (Å²) in [6.07, 6.45) is 1.35. The predicted octanol–water partition coefficient (Wildman–Crippen LogP) is 6.01. The van der Waals surface area contributed by atoms with Gasteiger partial charge in [-0.25, -0.2) is 23.5 Å². The number of hydrogen-bond acceptors (Lipinski definition) is 6. The second kappa shape index (κ2) is 9.75. The molecule has 1 heterocycles. The average molecular weight is 487 g/mol. The Morgan fingerprint density at radius 3 is 2.32 bits per heavy atom. The maximum absolute atomic E-state index is 13.7. The molecule has 0 saturated heterocycles. The number of rotatable bonds is 6. The van der Waals surface area contributed by atoms with Crippen LogP contribution in [0.1, 0.15) is 0 Å². The van der Waals surface area contributed by atoms with E-state index in [4.69, 9.17) is 25.8 Å². The lowest BCUT2D eigenvalue weighted by molar-refractivity contribution is 0.262. The third-order valence-electron chi connectivity index (χ3n) is 4.69. The van der Waals surface area contributed by atoms with Crippen molar-refractivity contribution in [3.05, 3.63) is 71.5 Å². The number of benzene rings is 3. The smallest absolute Gasteiger partial charge is 0.323 e. The van der Waals surface area contributed by atoms with Crippen molar-refractivity contribution in [1.82, 2.24) is 9.97 Å². The van der Waals surface area contributed by atoms with Crippen LogP contribution in [0.15, 0.2) is 54.9 Å². The van der Waals surface area contributed by atoms with Crippen molar-refractivity contribution in [1.29, 1.82) is 0 Å². The number of carbonyl (C=O) groups is 1. The maximum atomic E-state index is 13.7. The molecule has 34 heavy (non-hydrogen) atoms. The van der Waals surface area contributed by atoms with E-state index in [1.165, 1.54) is 32.7 Å². The number of urea groups is 1. The van der Waals surface area contributed by atoms with Gasteiger partial charge < -0.3 is 24.8 Å². The van der Waals surface area contributed by atoms with Crippen LogP contribution >= 0.6 is 11.6 Å². The Balaban J connectivity index is 1.52. The molecule has 0 aliphatic heterocycles. The minimum Gasteiger partial charge on any atom is -0.493 e. The number of methoxy groups -OCH3 is 2. The first kappa shape index (κ1) is 23.0. The van der Waals surface area contributed by atoms with E-state index in [-0.39, 0.29) is 22.3 Å². The van der Waals surface area contributed by atoms with E-state index in [1.807, 2.05) is 0 Å². The first-order chi connectivity index (χ1) is 16.4. The van der Waals surface area contributed by atoms with Crippen LogP contribution < -0.4 is 24.8 Å². The zero-order valence-corrected chi connectivity index (χ0v) is 18.6. The van der Waals surface area contributed by atoms with Gasteiger partial charge in [-0.05, 0) is 30.3 Å². The highest BCUT2D eigenvalue weighted by Crippen LogP contribution is 2.36. The van der Waals surface area contributed by atoms with Crippen LogP contribution in [0.2, 0.25) is 5.02 Å². The van der Waals surface area contributed by atoms with E-state index in [2.05, 4.69) is 20.6 Å². The average Bonchev–Trinajstić information content (AvgIpc) is 2.82. The number of fused-ring (bicyclic) bond motifs is 1. The van der Waals surface area contributed by atoms with Gasteiger partial charge in [0.15, 0.2) is 11.5 Å². The molecule has 3 aromatic carbocycles. The first-order valence-corrected chi connectivity index (χ1v) is 10.1. The zero-order valence-electron chi connectivity index (χ0n) is 17.9. The molecule has 0 aliphatic rings. The Hall–Kier alpha value is -4.18. The number of anilines is 2. The SMILES string of the molecule is COc1cc2ncnc(Oc3ccc(NC(=O)Nc4ccc(F)cc4F)c(Cl)c3)c2cc1OC. The molecular weight excluding hydrogens is 470 g/mol. The van der Waals surface area contributed by atoms with E-state index in [0.29, 0.717) is 34.2 Å². The summed E-state index contributed by atoms with van der Waals surface area (Å²) in [5.74, 6) is -0.0669. The Bertz CT molecular complexity index is 1390. The van der Waals surface area contributed by atoms with Crippen LogP contribution in [0, 0.1) is 11.6 Å². The fourth-order valence-corrected chi connectivity index (χ4v) is 3.30. The third-order valence-corrected chi connectivity index (χ3v) is 5.00. The standard InChI is InChI=1S/C23H17ClF2N4O4/c1-32-20-9-14-19(10-21(20)33-2)27-11-28-22(14)34-13-4-6-17(15(24)8-13)29-23(31)30-18-5-3-12(25)7-16(18)26/h3-11H,1-2H3,(H2,29,30,31). The topological polar surface area (TPSA) is 94.6 Å². The third kappa shape index (κ3) is 4.91. The Kier molecular flexibility index (Phi) is 6.60. The summed E-state index contributed by atoms with van der Waals surface area (Å²) in [6, 6.07) is 9.98. The van der Waals surface area contributed by atoms with Crippen molar-refractivity contribution >= 4 is 39.9 Å². The van der Waals surface area contributed by atoms with Gasteiger partial charge in [-0.15, -0.1) is 0 Å². The predicted molar refractivity (Wildman–Crippen MR) is 123 cm³/mol. The number of amides is 2. The summed E-state index contributed by atoms with van der Waals surface area (Å²) in [5, 5.41) is 5.52. The van der Waals surface area contributed by atoms with Gasteiger partial charge in [-0.3, -0.25) is 0 Å². The molecule has 8 nitrogen and oxygen atoms in total. The molecule has 0 aliphatic carbocycles. The summed E-state index contributed by atoms with van der Waals surface area (Å²) in [7, 11) is 3.04. The number of hydrogen-bond donors (Lipinski definition) is 2. The molecule has 4 aromatic rings. The van der Waals surface area contributed by atoms with E-state index in [9.17, 15) is 13.6 Å². The Morgan fingerprint density at radius 2 is 1.62 bits per heavy atom. The molecule has 174 valence electrons. The van der Waals surface area contributed by atoms with Crippen molar-refractivity contribution in [2.45, 2.75) is 0 Å². The number of ether oxygens (including phenoxy) is 3. The van der Waals surface area contributed by atoms with Crippen molar-refractivity contribution in [3.8, 4) is 23.1 Å². The highest BCUT2D eigenvalue weighted by Gasteiger charge is 2.14. The summed E-state index contributed by atoms with van der Waals surface area (Å²) >= 11 is 6.28. The second-order valence-corrected chi connectivity index (χ2v) is 7.26. The van der Waals surface area contributed by atoms with E-state index in [0.717, 1.165) is 12.1 Å². The number of halogens is 3. The molecule has 1 aromatic heterocycles. The lowest BCUT2D eigenvalue weighted by Gasteiger charge is -2.13. The summed E-state index contributed by atoms with van der Waals surface area (Å²) in [6.45, 7) is 0. The Labute approximate surface area is 197 Å². The fourth-order valence-electron chi connectivity index (χ4n) is 3.08.